The van der Waals surface area contributed by atoms with Crippen molar-refractivity contribution >= 4 is 5.91 Å². The van der Waals surface area contributed by atoms with Crippen molar-refractivity contribution in [2.24, 2.45) is 0 Å². The molecule has 0 radical (unpaired) electrons. The van der Waals surface area contributed by atoms with Gasteiger partial charge in [-0.05, 0) is 61.1 Å². The number of hydrogen-bond acceptors (Lipinski definition) is 4. The zero-order chi connectivity index (χ0) is 22.3. The van der Waals surface area contributed by atoms with Crippen molar-refractivity contribution in [3.8, 4) is 17.2 Å². The van der Waals surface area contributed by atoms with Crippen LogP contribution in [-0.2, 0) is 17.6 Å². The van der Waals surface area contributed by atoms with Gasteiger partial charge < -0.3 is 19.5 Å². The van der Waals surface area contributed by atoms with Crippen LogP contribution in [0.3, 0.4) is 0 Å². The van der Waals surface area contributed by atoms with Crippen LogP contribution in [0.25, 0.3) is 0 Å². The molecule has 0 spiro atoms. The monoisotopic (exact) mass is 427 g/mol. The fourth-order valence-electron chi connectivity index (χ4n) is 3.48. The van der Waals surface area contributed by atoms with Gasteiger partial charge in [-0.15, -0.1) is 0 Å². The van der Waals surface area contributed by atoms with Crippen molar-refractivity contribution in [1.29, 1.82) is 0 Å². The molecular formula is C26H37NO4. The molecule has 0 aromatic heterocycles. The molecule has 0 fully saturated rings. The van der Waals surface area contributed by atoms with Gasteiger partial charge in [0.15, 0.2) is 11.5 Å². The molecule has 0 aliphatic carbocycles. The Hall–Kier alpha value is -2.69. The van der Waals surface area contributed by atoms with Gasteiger partial charge in [-0.3, -0.25) is 4.79 Å². The zero-order valence-electron chi connectivity index (χ0n) is 19.2. The van der Waals surface area contributed by atoms with E-state index in [2.05, 4.69) is 30.4 Å². The first-order chi connectivity index (χ1) is 15.2. The summed E-state index contributed by atoms with van der Waals surface area (Å²) in [4.78, 5) is 11.8. The van der Waals surface area contributed by atoms with Crippen molar-refractivity contribution in [2.75, 3.05) is 27.4 Å². The fourth-order valence-corrected chi connectivity index (χ4v) is 3.48. The van der Waals surface area contributed by atoms with Gasteiger partial charge in [0.1, 0.15) is 12.4 Å². The number of amides is 1. The highest BCUT2D eigenvalue weighted by atomic mass is 16.5. The van der Waals surface area contributed by atoms with E-state index < -0.39 is 0 Å². The minimum Gasteiger partial charge on any atom is -0.493 e. The lowest BCUT2D eigenvalue weighted by molar-refractivity contribution is -0.121. The second-order valence-corrected chi connectivity index (χ2v) is 7.70. The zero-order valence-corrected chi connectivity index (χ0v) is 19.2. The van der Waals surface area contributed by atoms with E-state index in [-0.39, 0.29) is 5.91 Å². The summed E-state index contributed by atoms with van der Waals surface area (Å²) in [6, 6.07) is 14.3. The summed E-state index contributed by atoms with van der Waals surface area (Å²) in [7, 11) is 3.31. The number of benzene rings is 2. The normalized spacial score (nSPS) is 10.5. The minimum absolute atomic E-state index is 0.114. The van der Waals surface area contributed by atoms with Crippen molar-refractivity contribution in [3.05, 3.63) is 53.6 Å². The highest BCUT2D eigenvalue weighted by Crippen LogP contribution is 2.28. The molecule has 2 rings (SSSR count). The maximum atomic E-state index is 11.8. The van der Waals surface area contributed by atoms with Crippen LogP contribution in [0.1, 0.15) is 56.6 Å². The molecule has 0 unspecified atom stereocenters. The third kappa shape index (κ3) is 9.33. The van der Waals surface area contributed by atoms with Gasteiger partial charge in [0.2, 0.25) is 5.91 Å². The molecule has 0 aliphatic rings. The highest BCUT2D eigenvalue weighted by molar-refractivity contribution is 5.75. The summed E-state index contributed by atoms with van der Waals surface area (Å²) in [5.41, 5.74) is 2.48. The molecule has 2 aromatic carbocycles. The Kier molecular flexibility index (Phi) is 11.4. The Bertz CT molecular complexity index is 791. The Morgan fingerprint density at radius 3 is 2.39 bits per heavy atom. The Morgan fingerprint density at radius 1 is 0.871 bits per heavy atom. The first-order valence-electron chi connectivity index (χ1n) is 11.4. The third-order valence-electron chi connectivity index (χ3n) is 5.23. The first-order valence-corrected chi connectivity index (χ1v) is 11.4. The van der Waals surface area contributed by atoms with Crippen LogP contribution in [0, 0.1) is 0 Å². The standard InChI is InChI=1S/C26H37NO4/c1-4-5-6-7-14-26(28)27-17-18-31-23-13-9-12-21(19-23)10-8-11-22-15-16-24(29-2)25(20-22)30-3/h9,12-13,15-16,19-20H,4-8,10-11,14,17-18H2,1-3H3,(H,27,28). The van der Waals surface area contributed by atoms with Crippen LogP contribution in [0.15, 0.2) is 42.5 Å². The molecule has 31 heavy (non-hydrogen) atoms. The Labute approximate surface area is 187 Å². The SMILES string of the molecule is CCCCCCC(=O)NCCOc1cccc(CCCc2ccc(OC)c(OC)c2)c1. The average Bonchev–Trinajstić information content (AvgIpc) is 2.80. The Balaban J connectivity index is 1.69. The number of hydrogen-bond donors (Lipinski definition) is 1. The summed E-state index contributed by atoms with van der Waals surface area (Å²) in [6.45, 7) is 3.19. The van der Waals surface area contributed by atoms with E-state index in [0.29, 0.717) is 19.6 Å². The van der Waals surface area contributed by atoms with Crippen molar-refractivity contribution in [2.45, 2.75) is 58.3 Å². The van der Waals surface area contributed by atoms with Crippen molar-refractivity contribution in [1.82, 2.24) is 5.32 Å². The summed E-state index contributed by atoms with van der Waals surface area (Å²) < 4.78 is 16.5. The molecule has 5 nitrogen and oxygen atoms in total. The van der Waals surface area contributed by atoms with E-state index in [1.807, 2.05) is 24.3 Å². The topological polar surface area (TPSA) is 56.8 Å². The molecule has 5 heteroatoms. The lowest BCUT2D eigenvalue weighted by atomic mass is 10.0. The number of carbonyl (C=O) groups is 1. The van der Waals surface area contributed by atoms with Gasteiger partial charge in [0.25, 0.3) is 0 Å². The van der Waals surface area contributed by atoms with Gasteiger partial charge in [-0.25, -0.2) is 0 Å². The summed E-state index contributed by atoms with van der Waals surface area (Å²) >= 11 is 0. The lowest BCUT2D eigenvalue weighted by Gasteiger charge is -2.10. The number of methoxy groups -OCH3 is 2. The van der Waals surface area contributed by atoms with Gasteiger partial charge in [0, 0.05) is 6.42 Å². The fraction of sp³-hybridized carbons (Fsp3) is 0.500. The van der Waals surface area contributed by atoms with Crippen LogP contribution in [0.4, 0.5) is 0 Å². The first kappa shape index (κ1) is 24.6. The van der Waals surface area contributed by atoms with Gasteiger partial charge in [0.05, 0.1) is 20.8 Å². The molecule has 1 amide bonds. The molecule has 0 atom stereocenters. The van der Waals surface area contributed by atoms with E-state index in [4.69, 9.17) is 14.2 Å². The van der Waals surface area contributed by atoms with Crippen LogP contribution < -0.4 is 19.5 Å². The van der Waals surface area contributed by atoms with E-state index in [1.54, 1.807) is 14.2 Å². The summed E-state index contributed by atoms with van der Waals surface area (Å²) in [5, 5.41) is 2.93. The number of aryl methyl sites for hydroxylation is 2. The predicted molar refractivity (Wildman–Crippen MR) is 125 cm³/mol. The van der Waals surface area contributed by atoms with E-state index in [0.717, 1.165) is 49.4 Å². The molecule has 0 heterocycles. The van der Waals surface area contributed by atoms with Gasteiger partial charge in [-0.2, -0.15) is 0 Å². The van der Waals surface area contributed by atoms with Crippen LogP contribution in [0.5, 0.6) is 17.2 Å². The number of rotatable bonds is 15. The largest absolute Gasteiger partial charge is 0.493 e. The maximum Gasteiger partial charge on any atom is 0.220 e. The third-order valence-corrected chi connectivity index (χ3v) is 5.23. The van der Waals surface area contributed by atoms with E-state index in [9.17, 15) is 4.79 Å². The van der Waals surface area contributed by atoms with Crippen molar-refractivity contribution < 1.29 is 19.0 Å². The Morgan fingerprint density at radius 2 is 1.65 bits per heavy atom. The summed E-state index contributed by atoms with van der Waals surface area (Å²) in [5.74, 6) is 2.48. The number of unbranched alkanes of at least 4 members (excludes halogenated alkanes) is 3. The number of carbonyl (C=O) groups excluding carboxylic acids is 1. The van der Waals surface area contributed by atoms with Gasteiger partial charge >= 0.3 is 0 Å². The molecule has 1 N–H and O–H groups in total. The average molecular weight is 428 g/mol. The molecule has 0 aliphatic heterocycles. The number of nitrogens with one attached hydrogen (secondary N) is 1. The van der Waals surface area contributed by atoms with E-state index in [1.165, 1.54) is 24.0 Å². The highest BCUT2D eigenvalue weighted by Gasteiger charge is 2.05. The lowest BCUT2D eigenvalue weighted by Crippen LogP contribution is -2.27. The minimum atomic E-state index is 0.114. The molecule has 170 valence electrons. The summed E-state index contributed by atoms with van der Waals surface area (Å²) in [6.07, 6.45) is 8.05. The number of ether oxygens (including phenoxy) is 3. The van der Waals surface area contributed by atoms with Crippen molar-refractivity contribution in [3.63, 3.8) is 0 Å². The molecule has 2 aromatic rings. The van der Waals surface area contributed by atoms with Gasteiger partial charge in [-0.1, -0.05) is 44.4 Å². The van der Waals surface area contributed by atoms with Crippen LogP contribution in [0.2, 0.25) is 0 Å². The van der Waals surface area contributed by atoms with E-state index >= 15 is 0 Å². The van der Waals surface area contributed by atoms with Crippen LogP contribution >= 0.6 is 0 Å². The molecule has 0 saturated heterocycles. The second-order valence-electron chi connectivity index (χ2n) is 7.70. The van der Waals surface area contributed by atoms with Crippen LogP contribution in [-0.4, -0.2) is 33.3 Å². The smallest absolute Gasteiger partial charge is 0.220 e. The molecule has 0 saturated carbocycles. The predicted octanol–water partition coefficient (Wildman–Crippen LogP) is 5.34. The quantitative estimate of drug-likeness (QED) is 0.390. The molecular weight excluding hydrogens is 390 g/mol. The maximum absolute atomic E-state index is 11.8. The molecule has 0 bridgehead atoms. The second kappa shape index (κ2) is 14.3.